The van der Waals surface area contributed by atoms with Crippen LogP contribution in [-0.2, 0) is 16.1 Å². The van der Waals surface area contributed by atoms with Crippen molar-refractivity contribution in [2.45, 2.75) is 37.6 Å². The van der Waals surface area contributed by atoms with Crippen molar-refractivity contribution < 1.29 is 9.47 Å². The Bertz CT molecular complexity index is 712. The maximum atomic E-state index is 6.42. The predicted octanol–water partition coefficient (Wildman–Crippen LogP) is 3.55. The third-order valence-corrected chi connectivity index (χ3v) is 4.74. The Morgan fingerprint density at radius 3 is 2.27 bits per heavy atom. The molecule has 0 radical (unpaired) electrons. The molecular weight excluding hydrogens is 274 g/mol. The van der Waals surface area contributed by atoms with Crippen molar-refractivity contribution in [3.8, 4) is 5.75 Å². The Morgan fingerprint density at radius 2 is 1.59 bits per heavy atom. The molecule has 22 heavy (non-hydrogen) atoms. The van der Waals surface area contributed by atoms with Crippen LogP contribution in [0.15, 0.2) is 54.6 Å². The molecule has 1 N–H and O–H groups in total. The third-order valence-electron chi connectivity index (χ3n) is 4.74. The summed E-state index contributed by atoms with van der Waals surface area (Å²) in [5.74, 6) is 0.888. The highest BCUT2D eigenvalue weighted by Gasteiger charge is 2.64. The van der Waals surface area contributed by atoms with E-state index in [2.05, 4.69) is 44.3 Å². The molecule has 0 saturated carbocycles. The first-order valence-electron chi connectivity index (χ1n) is 7.74. The Kier molecular flexibility index (Phi) is 2.72. The quantitative estimate of drug-likeness (QED) is 0.873. The number of hydrogen-bond donors (Lipinski definition) is 1. The maximum absolute atomic E-state index is 6.42. The SMILES string of the molecule is CC1(C)CO[C@]2(N1)c1ccccc1OC2(C)c1ccccc1. The fraction of sp³-hybridized carbons (Fsp3) is 0.368. The number of nitrogens with one attached hydrogen (secondary N) is 1. The Balaban J connectivity index is 1.94. The summed E-state index contributed by atoms with van der Waals surface area (Å²) >= 11 is 0. The lowest BCUT2D eigenvalue weighted by Crippen LogP contribution is -2.57. The second-order valence-electron chi connectivity index (χ2n) is 6.98. The molecule has 2 aliphatic heterocycles. The average molecular weight is 295 g/mol. The van der Waals surface area contributed by atoms with Gasteiger partial charge >= 0.3 is 0 Å². The average Bonchev–Trinajstić information content (AvgIpc) is 2.97. The van der Waals surface area contributed by atoms with Gasteiger partial charge in [-0.05, 0) is 32.4 Å². The van der Waals surface area contributed by atoms with E-state index in [9.17, 15) is 0 Å². The minimum absolute atomic E-state index is 0.100. The fourth-order valence-electron chi connectivity index (χ4n) is 3.65. The second-order valence-corrected chi connectivity index (χ2v) is 6.98. The molecule has 3 heteroatoms. The predicted molar refractivity (Wildman–Crippen MR) is 85.7 cm³/mol. The van der Waals surface area contributed by atoms with Gasteiger partial charge in [0.1, 0.15) is 5.75 Å². The molecule has 4 rings (SSSR count). The molecule has 1 saturated heterocycles. The molecule has 2 aliphatic rings. The molecule has 2 aromatic carbocycles. The van der Waals surface area contributed by atoms with E-state index < -0.39 is 11.3 Å². The van der Waals surface area contributed by atoms with E-state index in [1.54, 1.807) is 0 Å². The van der Waals surface area contributed by atoms with E-state index in [-0.39, 0.29) is 5.54 Å². The number of benzene rings is 2. The summed E-state index contributed by atoms with van der Waals surface area (Å²) in [5.41, 5.74) is 0.820. The molecule has 2 aromatic rings. The number of ether oxygens (including phenoxy) is 2. The van der Waals surface area contributed by atoms with Crippen LogP contribution in [0.5, 0.6) is 5.75 Å². The highest BCUT2D eigenvalue weighted by molar-refractivity contribution is 5.49. The molecule has 0 amide bonds. The number of para-hydroxylation sites is 1. The van der Waals surface area contributed by atoms with Crippen LogP contribution in [0.1, 0.15) is 31.9 Å². The largest absolute Gasteiger partial charge is 0.477 e. The van der Waals surface area contributed by atoms with Gasteiger partial charge in [0, 0.05) is 11.1 Å². The van der Waals surface area contributed by atoms with Crippen LogP contribution in [0.3, 0.4) is 0 Å². The molecule has 2 heterocycles. The van der Waals surface area contributed by atoms with Crippen molar-refractivity contribution >= 4 is 0 Å². The van der Waals surface area contributed by atoms with Gasteiger partial charge in [-0.25, -0.2) is 0 Å². The normalized spacial score (nSPS) is 32.0. The monoisotopic (exact) mass is 295 g/mol. The summed E-state index contributed by atoms with van der Waals surface area (Å²) in [7, 11) is 0. The van der Waals surface area contributed by atoms with Crippen LogP contribution in [0.4, 0.5) is 0 Å². The summed E-state index contributed by atoms with van der Waals surface area (Å²) < 4.78 is 12.8. The first-order chi connectivity index (χ1) is 10.5. The van der Waals surface area contributed by atoms with Crippen LogP contribution in [0.2, 0.25) is 0 Å². The van der Waals surface area contributed by atoms with Gasteiger partial charge in [0.25, 0.3) is 0 Å². The molecule has 0 aromatic heterocycles. The van der Waals surface area contributed by atoms with Gasteiger partial charge in [0.05, 0.1) is 6.61 Å². The zero-order chi connectivity index (χ0) is 15.4. The summed E-state index contributed by atoms with van der Waals surface area (Å²) in [6.45, 7) is 7.08. The molecular formula is C19H21NO2. The lowest BCUT2D eigenvalue weighted by atomic mass is 9.82. The van der Waals surface area contributed by atoms with Crippen LogP contribution < -0.4 is 10.1 Å². The van der Waals surface area contributed by atoms with E-state index in [1.165, 1.54) is 0 Å². The number of hydrogen-bond acceptors (Lipinski definition) is 3. The second kappa shape index (κ2) is 4.34. The first-order valence-corrected chi connectivity index (χ1v) is 7.74. The number of fused-ring (bicyclic) bond motifs is 2. The van der Waals surface area contributed by atoms with Crippen molar-refractivity contribution in [1.29, 1.82) is 0 Å². The fourth-order valence-corrected chi connectivity index (χ4v) is 3.65. The molecule has 114 valence electrons. The van der Waals surface area contributed by atoms with E-state index in [4.69, 9.17) is 9.47 Å². The van der Waals surface area contributed by atoms with Crippen molar-refractivity contribution in [2.24, 2.45) is 0 Å². The summed E-state index contributed by atoms with van der Waals surface area (Å²) in [4.78, 5) is 0. The van der Waals surface area contributed by atoms with Crippen molar-refractivity contribution in [3.05, 3.63) is 65.7 Å². The molecule has 0 bridgehead atoms. The number of rotatable bonds is 1. The van der Waals surface area contributed by atoms with E-state index in [0.717, 1.165) is 16.9 Å². The maximum Gasteiger partial charge on any atom is 0.193 e. The summed E-state index contributed by atoms with van der Waals surface area (Å²) in [6.07, 6.45) is 0. The highest BCUT2D eigenvalue weighted by atomic mass is 16.6. The molecule has 3 nitrogen and oxygen atoms in total. The lowest BCUT2D eigenvalue weighted by molar-refractivity contribution is -0.135. The van der Waals surface area contributed by atoms with E-state index in [1.807, 2.05) is 36.4 Å². The van der Waals surface area contributed by atoms with Gasteiger partial charge in [-0.1, -0.05) is 48.5 Å². The highest BCUT2D eigenvalue weighted by Crippen LogP contribution is 2.56. The minimum atomic E-state index is -0.658. The van der Waals surface area contributed by atoms with Gasteiger partial charge < -0.3 is 9.47 Å². The van der Waals surface area contributed by atoms with E-state index >= 15 is 0 Å². The Hall–Kier alpha value is -1.84. The smallest absolute Gasteiger partial charge is 0.193 e. The van der Waals surface area contributed by atoms with Crippen LogP contribution in [0.25, 0.3) is 0 Å². The molecule has 2 atom stereocenters. The Labute approximate surface area is 131 Å². The lowest BCUT2D eigenvalue weighted by Gasteiger charge is -2.40. The topological polar surface area (TPSA) is 30.5 Å². The van der Waals surface area contributed by atoms with Crippen LogP contribution in [-0.4, -0.2) is 12.1 Å². The van der Waals surface area contributed by atoms with Gasteiger partial charge in [0.2, 0.25) is 0 Å². The minimum Gasteiger partial charge on any atom is -0.477 e. The third kappa shape index (κ3) is 1.70. The standard InChI is InChI=1S/C19H21NO2/c1-17(2)13-21-19(20-17)15-11-7-8-12-16(15)22-18(19,3)14-9-5-4-6-10-14/h4-12,20H,13H2,1-3H3/t18?,19-/m1/s1. The molecule has 1 unspecified atom stereocenters. The van der Waals surface area contributed by atoms with Crippen LogP contribution >= 0.6 is 0 Å². The van der Waals surface area contributed by atoms with Crippen molar-refractivity contribution in [1.82, 2.24) is 5.32 Å². The van der Waals surface area contributed by atoms with Gasteiger partial charge in [-0.15, -0.1) is 0 Å². The molecule has 1 fully saturated rings. The van der Waals surface area contributed by atoms with Crippen molar-refractivity contribution in [3.63, 3.8) is 0 Å². The van der Waals surface area contributed by atoms with Gasteiger partial charge in [-0.2, -0.15) is 0 Å². The van der Waals surface area contributed by atoms with E-state index in [0.29, 0.717) is 6.61 Å². The molecule has 0 aliphatic carbocycles. The Morgan fingerprint density at radius 1 is 0.909 bits per heavy atom. The summed E-state index contributed by atoms with van der Waals surface area (Å²) in [5, 5.41) is 3.70. The van der Waals surface area contributed by atoms with Gasteiger partial charge in [-0.3, -0.25) is 5.32 Å². The first kappa shape index (κ1) is 13.8. The zero-order valence-electron chi connectivity index (χ0n) is 13.2. The molecule has 1 spiro atoms. The van der Waals surface area contributed by atoms with Gasteiger partial charge in [0.15, 0.2) is 11.3 Å². The zero-order valence-corrected chi connectivity index (χ0v) is 13.2. The van der Waals surface area contributed by atoms with Crippen LogP contribution in [0, 0.1) is 0 Å². The van der Waals surface area contributed by atoms with Crippen molar-refractivity contribution in [2.75, 3.05) is 6.61 Å². The summed E-state index contributed by atoms with van der Waals surface area (Å²) in [6, 6.07) is 18.5.